The van der Waals surface area contributed by atoms with Crippen LogP contribution in [0.2, 0.25) is 0 Å². The molecule has 2 aliphatic heterocycles. The van der Waals surface area contributed by atoms with Crippen molar-refractivity contribution in [1.29, 1.82) is 0 Å². The molecule has 92 valence electrons. The third-order valence-corrected chi connectivity index (χ3v) is 3.29. The van der Waals surface area contributed by atoms with Crippen molar-refractivity contribution in [2.45, 2.75) is 18.9 Å². The summed E-state index contributed by atoms with van der Waals surface area (Å²) in [5.74, 6) is -0.0143. The van der Waals surface area contributed by atoms with Crippen molar-refractivity contribution < 1.29 is 14.3 Å². The van der Waals surface area contributed by atoms with E-state index >= 15 is 0 Å². The lowest BCUT2D eigenvalue weighted by Crippen LogP contribution is -2.42. The summed E-state index contributed by atoms with van der Waals surface area (Å²) < 4.78 is 5.24. The van der Waals surface area contributed by atoms with Crippen molar-refractivity contribution in [1.82, 2.24) is 4.90 Å². The fraction of sp³-hybridized carbons (Fsp3) is 0.308. The van der Waals surface area contributed by atoms with Crippen LogP contribution in [0.25, 0.3) is 0 Å². The summed E-state index contributed by atoms with van der Waals surface area (Å²) in [6, 6.07) is 6.64. The molecular weight excluding hydrogens is 232 g/mol. The molecule has 0 radical (unpaired) electrons. The van der Waals surface area contributed by atoms with Crippen LogP contribution < -0.4 is 0 Å². The van der Waals surface area contributed by atoms with E-state index in [4.69, 9.17) is 4.74 Å². The number of hydrogen-bond donors (Lipinski definition) is 0. The van der Waals surface area contributed by atoms with Gasteiger partial charge < -0.3 is 4.74 Å². The average Bonchev–Trinajstić information content (AvgIpc) is 2.71. The Balaban J connectivity index is 2.19. The second-order valence-corrected chi connectivity index (χ2v) is 4.29. The highest BCUT2D eigenvalue weighted by Gasteiger charge is 2.42. The summed E-state index contributed by atoms with van der Waals surface area (Å²) in [5, 5.41) is 0. The van der Waals surface area contributed by atoms with E-state index in [1.807, 2.05) is 0 Å². The maximum atomic E-state index is 12.4. The quantitative estimate of drug-likeness (QED) is 0.650. The van der Waals surface area contributed by atoms with Gasteiger partial charge in [-0.2, -0.15) is 0 Å². The van der Waals surface area contributed by atoms with E-state index in [9.17, 15) is 9.59 Å². The lowest BCUT2D eigenvalue weighted by molar-refractivity contribution is -0.126. The van der Waals surface area contributed by atoms with Crippen molar-refractivity contribution in [2.24, 2.45) is 4.99 Å². The van der Waals surface area contributed by atoms with Gasteiger partial charge in [0.25, 0.3) is 5.91 Å². The van der Waals surface area contributed by atoms with Gasteiger partial charge in [0.2, 0.25) is 11.8 Å². The van der Waals surface area contributed by atoms with E-state index in [1.54, 1.807) is 24.3 Å². The van der Waals surface area contributed by atoms with Gasteiger partial charge in [0.15, 0.2) is 0 Å². The molecule has 0 N–H and O–H groups in total. The summed E-state index contributed by atoms with van der Waals surface area (Å²) in [6.45, 7) is 0. The van der Waals surface area contributed by atoms with Crippen LogP contribution in [0.3, 0.4) is 0 Å². The first kappa shape index (κ1) is 11.0. The number of benzene rings is 1. The van der Waals surface area contributed by atoms with Crippen molar-refractivity contribution in [3.05, 3.63) is 29.8 Å². The molecular formula is C13H12N2O3. The number of nitrogens with zero attached hydrogens (tertiary/aromatic N) is 2. The predicted molar refractivity (Wildman–Crippen MR) is 64.7 cm³/mol. The Bertz CT molecular complexity index is 565. The maximum absolute atomic E-state index is 12.4. The van der Waals surface area contributed by atoms with Crippen molar-refractivity contribution in [3.63, 3.8) is 0 Å². The Morgan fingerprint density at radius 3 is 2.89 bits per heavy atom. The Labute approximate surface area is 104 Å². The minimum Gasteiger partial charge on any atom is -0.483 e. The minimum atomic E-state index is -0.359. The third kappa shape index (κ3) is 1.44. The molecule has 1 atom stereocenters. The Kier molecular flexibility index (Phi) is 2.40. The van der Waals surface area contributed by atoms with Gasteiger partial charge in [0.05, 0.1) is 18.4 Å². The molecule has 0 aromatic heterocycles. The van der Waals surface area contributed by atoms with Crippen LogP contribution in [0.5, 0.6) is 0 Å². The molecule has 0 spiro atoms. The highest BCUT2D eigenvalue weighted by molar-refractivity contribution is 6.13. The number of methoxy groups -OCH3 is 1. The van der Waals surface area contributed by atoms with Crippen LogP contribution in [0.15, 0.2) is 29.3 Å². The monoisotopic (exact) mass is 244 g/mol. The van der Waals surface area contributed by atoms with Crippen LogP contribution in [0.4, 0.5) is 5.69 Å². The number of carbonyl (C=O) groups excluding carboxylic acids is 2. The number of ether oxygens (including phenoxy) is 1. The fourth-order valence-electron chi connectivity index (χ4n) is 2.43. The summed E-state index contributed by atoms with van der Waals surface area (Å²) in [4.78, 5) is 29.8. The highest BCUT2D eigenvalue weighted by atomic mass is 16.5. The van der Waals surface area contributed by atoms with Crippen LogP contribution >= 0.6 is 0 Å². The van der Waals surface area contributed by atoms with Crippen molar-refractivity contribution in [2.75, 3.05) is 7.11 Å². The Morgan fingerprint density at radius 2 is 2.11 bits per heavy atom. The summed E-state index contributed by atoms with van der Waals surface area (Å²) in [5.41, 5.74) is 1.01. The number of imide groups is 1. The average molecular weight is 244 g/mol. The molecule has 5 heteroatoms. The molecule has 1 fully saturated rings. The molecule has 2 aliphatic rings. The lowest BCUT2D eigenvalue weighted by Gasteiger charge is -2.20. The van der Waals surface area contributed by atoms with E-state index < -0.39 is 0 Å². The van der Waals surface area contributed by atoms with E-state index in [0.29, 0.717) is 30.0 Å². The van der Waals surface area contributed by atoms with Gasteiger partial charge in [-0.3, -0.25) is 14.5 Å². The molecule has 18 heavy (non-hydrogen) atoms. The van der Waals surface area contributed by atoms with Crippen LogP contribution in [-0.4, -0.2) is 35.8 Å². The zero-order valence-corrected chi connectivity index (χ0v) is 9.92. The van der Waals surface area contributed by atoms with Gasteiger partial charge in [-0.05, 0) is 18.6 Å². The molecule has 1 aromatic carbocycles. The van der Waals surface area contributed by atoms with Crippen LogP contribution in [0.1, 0.15) is 23.2 Å². The number of para-hydroxylation sites is 1. The third-order valence-electron chi connectivity index (χ3n) is 3.29. The van der Waals surface area contributed by atoms with Crippen LogP contribution in [-0.2, 0) is 9.53 Å². The molecule has 0 unspecified atom stereocenters. The zero-order valence-electron chi connectivity index (χ0n) is 9.92. The van der Waals surface area contributed by atoms with Gasteiger partial charge >= 0.3 is 0 Å². The number of rotatable bonds is 0. The number of carbonyl (C=O) groups is 2. The summed E-state index contributed by atoms with van der Waals surface area (Å²) in [6.07, 6.45) is 0.937. The lowest BCUT2D eigenvalue weighted by atomic mass is 10.1. The topological polar surface area (TPSA) is 59.0 Å². The molecule has 2 heterocycles. The van der Waals surface area contributed by atoms with E-state index in [-0.39, 0.29) is 17.9 Å². The van der Waals surface area contributed by atoms with Gasteiger partial charge in [0, 0.05) is 6.42 Å². The standard InChI is InChI=1S/C13H12N2O3/c1-18-12-10-6-7-11(16)15(10)13(17)8-4-2-3-5-9(8)14-12/h2-5,10H,6-7H2,1H3/t10-/m0/s1. The molecule has 2 amide bonds. The van der Waals surface area contributed by atoms with Gasteiger partial charge in [0.1, 0.15) is 6.04 Å². The Morgan fingerprint density at radius 1 is 1.33 bits per heavy atom. The number of aliphatic imine (C=N–C) groups is 1. The molecule has 0 aliphatic carbocycles. The second kappa shape index (κ2) is 3.94. The smallest absolute Gasteiger partial charge is 0.263 e. The molecule has 1 saturated heterocycles. The van der Waals surface area contributed by atoms with Crippen molar-refractivity contribution in [3.8, 4) is 0 Å². The first-order chi connectivity index (χ1) is 8.72. The Hall–Kier alpha value is -2.17. The largest absolute Gasteiger partial charge is 0.483 e. The molecule has 5 nitrogen and oxygen atoms in total. The number of amides is 2. The van der Waals surface area contributed by atoms with Crippen LogP contribution in [0, 0.1) is 0 Å². The van der Waals surface area contributed by atoms with E-state index in [1.165, 1.54) is 12.0 Å². The first-order valence-electron chi connectivity index (χ1n) is 5.80. The molecule has 0 saturated carbocycles. The molecule has 1 aromatic rings. The first-order valence-corrected chi connectivity index (χ1v) is 5.80. The SMILES string of the molecule is COC1=Nc2ccccc2C(=O)N2C(=O)CC[C@@H]12. The van der Waals surface area contributed by atoms with E-state index in [2.05, 4.69) is 4.99 Å². The number of fused-ring (bicyclic) bond motifs is 2. The highest BCUT2D eigenvalue weighted by Crippen LogP contribution is 2.31. The van der Waals surface area contributed by atoms with E-state index in [0.717, 1.165) is 0 Å². The zero-order chi connectivity index (χ0) is 12.7. The van der Waals surface area contributed by atoms with Gasteiger partial charge in [-0.25, -0.2) is 4.99 Å². The molecule has 3 rings (SSSR count). The van der Waals surface area contributed by atoms with Gasteiger partial charge in [-0.15, -0.1) is 0 Å². The summed E-state index contributed by atoms with van der Waals surface area (Å²) >= 11 is 0. The normalized spacial score (nSPS) is 22.2. The maximum Gasteiger partial charge on any atom is 0.263 e. The van der Waals surface area contributed by atoms with Gasteiger partial charge in [-0.1, -0.05) is 12.1 Å². The number of hydrogen-bond acceptors (Lipinski definition) is 4. The summed E-state index contributed by atoms with van der Waals surface area (Å²) in [7, 11) is 1.51. The second-order valence-electron chi connectivity index (χ2n) is 4.29. The predicted octanol–water partition coefficient (Wildman–Crippen LogP) is 1.51. The fourth-order valence-corrected chi connectivity index (χ4v) is 2.43. The molecule has 0 bridgehead atoms. The minimum absolute atomic E-state index is 0.161. The van der Waals surface area contributed by atoms with Crippen molar-refractivity contribution >= 4 is 23.4 Å².